The third-order valence-corrected chi connectivity index (χ3v) is 17.7. The summed E-state index contributed by atoms with van der Waals surface area (Å²) >= 11 is -1.67. The molecule has 1 saturated heterocycles. The first-order chi connectivity index (χ1) is 5.83. The molecule has 0 unspecified atom stereocenters. The Morgan fingerprint density at radius 1 is 0.917 bits per heavy atom. The Morgan fingerprint density at radius 2 is 1.42 bits per heavy atom. The SMILES string of the molecule is C=C[CH2][Sn]1([CH2]C=C)[CH2]CCC[CH2]1. The van der Waals surface area contributed by atoms with Crippen LogP contribution in [-0.4, -0.2) is 18.4 Å². The molecule has 1 heterocycles. The Labute approximate surface area is 80.6 Å². The molecule has 0 N–H and O–H groups in total. The van der Waals surface area contributed by atoms with Crippen LogP contribution in [0.15, 0.2) is 25.3 Å². The van der Waals surface area contributed by atoms with Gasteiger partial charge < -0.3 is 0 Å². The first-order valence-corrected chi connectivity index (χ1v) is 13.1. The molecule has 0 atom stereocenters. The molecular weight excluding hydrogens is 251 g/mol. The van der Waals surface area contributed by atoms with Gasteiger partial charge in [-0.15, -0.1) is 0 Å². The molecule has 0 spiro atoms. The molecule has 0 amide bonds. The summed E-state index contributed by atoms with van der Waals surface area (Å²) in [4.78, 5) is 0. The second kappa shape index (κ2) is 5.10. The van der Waals surface area contributed by atoms with Crippen molar-refractivity contribution in [1.29, 1.82) is 0 Å². The van der Waals surface area contributed by atoms with Crippen molar-refractivity contribution < 1.29 is 0 Å². The van der Waals surface area contributed by atoms with Gasteiger partial charge in [-0.2, -0.15) is 0 Å². The van der Waals surface area contributed by atoms with Gasteiger partial charge in [-0.05, 0) is 0 Å². The first-order valence-electron chi connectivity index (χ1n) is 5.05. The van der Waals surface area contributed by atoms with E-state index in [1.807, 2.05) is 0 Å². The van der Waals surface area contributed by atoms with Crippen molar-refractivity contribution in [3.05, 3.63) is 25.3 Å². The molecule has 0 nitrogen and oxygen atoms in total. The number of hydrogen-bond donors (Lipinski definition) is 0. The van der Waals surface area contributed by atoms with Crippen molar-refractivity contribution in [3.8, 4) is 0 Å². The fraction of sp³-hybridized carbons (Fsp3) is 0.636. The van der Waals surface area contributed by atoms with Crippen molar-refractivity contribution >= 4 is 18.4 Å². The molecule has 1 aliphatic heterocycles. The van der Waals surface area contributed by atoms with Crippen LogP contribution in [0, 0.1) is 0 Å². The third-order valence-electron chi connectivity index (χ3n) is 3.07. The molecule has 1 rings (SSSR count). The van der Waals surface area contributed by atoms with Crippen LogP contribution in [0.5, 0.6) is 0 Å². The molecule has 0 aliphatic carbocycles. The molecule has 1 heteroatoms. The summed E-state index contributed by atoms with van der Waals surface area (Å²) in [5.41, 5.74) is 0. The summed E-state index contributed by atoms with van der Waals surface area (Å²) in [6.45, 7) is 7.80. The summed E-state index contributed by atoms with van der Waals surface area (Å²) in [6.07, 6.45) is 8.82. The molecule has 0 bridgehead atoms. The molecule has 0 saturated carbocycles. The maximum atomic E-state index is 3.90. The van der Waals surface area contributed by atoms with E-state index >= 15 is 0 Å². The Balaban J connectivity index is 2.55. The van der Waals surface area contributed by atoms with Gasteiger partial charge in [0.15, 0.2) is 0 Å². The predicted molar refractivity (Wildman–Crippen MR) is 59.2 cm³/mol. The quantitative estimate of drug-likeness (QED) is 0.535. The second-order valence-electron chi connectivity index (χ2n) is 4.05. The van der Waals surface area contributed by atoms with Crippen LogP contribution in [0.25, 0.3) is 0 Å². The molecule has 12 heavy (non-hydrogen) atoms. The number of hydrogen-bond acceptors (Lipinski definition) is 0. The summed E-state index contributed by atoms with van der Waals surface area (Å²) in [6, 6.07) is 0. The van der Waals surface area contributed by atoms with Crippen molar-refractivity contribution in [2.24, 2.45) is 0 Å². The van der Waals surface area contributed by atoms with Gasteiger partial charge in [0.25, 0.3) is 0 Å². The van der Waals surface area contributed by atoms with E-state index in [-0.39, 0.29) is 0 Å². The van der Waals surface area contributed by atoms with Gasteiger partial charge in [-0.3, -0.25) is 0 Å². The second-order valence-corrected chi connectivity index (χ2v) is 17.8. The van der Waals surface area contributed by atoms with Crippen LogP contribution in [0.1, 0.15) is 19.3 Å². The van der Waals surface area contributed by atoms with E-state index in [9.17, 15) is 0 Å². The normalized spacial score (nSPS) is 21.7. The molecular formula is C11H20Sn. The van der Waals surface area contributed by atoms with Gasteiger partial charge in [-0.1, -0.05) is 0 Å². The summed E-state index contributed by atoms with van der Waals surface area (Å²) in [5, 5.41) is 0. The van der Waals surface area contributed by atoms with E-state index in [1.54, 1.807) is 8.87 Å². The van der Waals surface area contributed by atoms with Gasteiger partial charge in [0, 0.05) is 0 Å². The van der Waals surface area contributed by atoms with Gasteiger partial charge in [-0.25, -0.2) is 0 Å². The average molecular weight is 271 g/mol. The van der Waals surface area contributed by atoms with Crippen LogP contribution in [0.2, 0.25) is 17.7 Å². The molecule has 1 fully saturated rings. The van der Waals surface area contributed by atoms with E-state index in [4.69, 9.17) is 0 Å². The average Bonchev–Trinajstić information content (AvgIpc) is 2.07. The third kappa shape index (κ3) is 2.65. The maximum absolute atomic E-state index is 3.90. The van der Waals surface area contributed by atoms with E-state index < -0.39 is 18.4 Å². The van der Waals surface area contributed by atoms with Crippen molar-refractivity contribution in [3.63, 3.8) is 0 Å². The first kappa shape index (κ1) is 10.4. The van der Waals surface area contributed by atoms with E-state index in [0.717, 1.165) is 0 Å². The van der Waals surface area contributed by atoms with Crippen LogP contribution >= 0.6 is 0 Å². The van der Waals surface area contributed by atoms with Crippen LogP contribution in [0.3, 0.4) is 0 Å². The van der Waals surface area contributed by atoms with Gasteiger partial charge in [0.1, 0.15) is 0 Å². The van der Waals surface area contributed by atoms with Crippen LogP contribution < -0.4 is 0 Å². The van der Waals surface area contributed by atoms with Crippen LogP contribution in [-0.2, 0) is 0 Å². The zero-order chi connectivity index (χ0) is 8.86. The molecule has 0 aromatic rings. The van der Waals surface area contributed by atoms with Crippen molar-refractivity contribution in [2.75, 3.05) is 0 Å². The minimum absolute atomic E-state index is 1.39. The van der Waals surface area contributed by atoms with Crippen LogP contribution in [0.4, 0.5) is 0 Å². The summed E-state index contributed by atoms with van der Waals surface area (Å²) in [7, 11) is 0. The standard InChI is InChI=1S/C5H10.2C3H5.Sn/c1-3-5-4-2;2*1-3-2;/h1-5H2;2*3H,1-2H2;. The van der Waals surface area contributed by atoms with E-state index in [1.165, 1.54) is 28.1 Å². The van der Waals surface area contributed by atoms with Crippen molar-refractivity contribution in [2.45, 2.75) is 37.0 Å². The fourth-order valence-corrected chi connectivity index (χ4v) is 15.1. The zero-order valence-electron chi connectivity index (χ0n) is 8.02. The van der Waals surface area contributed by atoms with Gasteiger partial charge >= 0.3 is 80.7 Å². The Bertz CT molecular complexity index is 142. The fourth-order valence-electron chi connectivity index (χ4n) is 2.41. The molecule has 0 radical (unpaired) electrons. The van der Waals surface area contributed by atoms with E-state index in [0.29, 0.717) is 0 Å². The molecule has 0 aromatic heterocycles. The van der Waals surface area contributed by atoms with Gasteiger partial charge in [0.05, 0.1) is 0 Å². The Kier molecular flexibility index (Phi) is 4.41. The zero-order valence-corrected chi connectivity index (χ0v) is 10.9. The Hall–Kier alpha value is 0.279. The topological polar surface area (TPSA) is 0 Å². The molecule has 68 valence electrons. The number of rotatable bonds is 4. The minimum atomic E-state index is -1.67. The Morgan fingerprint density at radius 3 is 1.83 bits per heavy atom. The van der Waals surface area contributed by atoms with E-state index in [2.05, 4.69) is 25.3 Å². The van der Waals surface area contributed by atoms with Crippen molar-refractivity contribution in [1.82, 2.24) is 0 Å². The summed E-state index contributed by atoms with van der Waals surface area (Å²) in [5.74, 6) is 0. The monoisotopic (exact) mass is 272 g/mol. The molecule has 0 aromatic carbocycles. The molecule has 1 aliphatic rings. The van der Waals surface area contributed by atoms with Gasteiger partial charge in [0.2, 0.25) is 0 Å². The summed E-state index contributed by atoms with van der Waals surface area (Å²) < 4.78 is 5.96. The number of allylic oxidation sites excluding steroid dienone is 2. The predicted octanol–water partition coefficient (Wildman–Crippen LogP) is 3.99.